The van der Waals surface area contributed by atoms with Crippen LogP contribution in [-0.2, 0) is 9.59 Å². The van der Waals surface area contributed by atoms with E-state index in [0.29, 0.717) is 29.4 Å². The first-order valence-electron chi connectivity index (χ1n) is 7.61. The van der Waals surface area contributed by atoms with E-state index in [4.69, 9.17) is 9.47 Å². The fourth-order valence-electron chi connectivity index (χ4n) is 2.86. The molecule has 1 atom stereocenters. The number of hydrogen-bond acceptors (Lipinski definition) is 5. The van der Waals surface area contributed by atoms with Crippen LogP contribution in [0.2, 0.25) is 0 Å². The normalized spacial score (nSPS) is 18.8. The molecule has 0 bridgehead atoms. The van der Waals surface area contributed by atoms with Crippen LogP contribution in [0.3, 0.4) is 0 Å². The van der Waals surface area contributed by atoms with E-state index in [0.717, 1.165) is 0 Å². The van der Waals surface area contributed by atoms with Gasteiger partial charge in [0.15, 0.2) is 11.5 Å². The third-order valence-corrected chi connectivity index (χ3v) is 4.09. The monoisotopic (exact) mass is 325 g/mol. The maximum Gasteiger partial charge on any atom is 0.231 e. The Morgan fingerprint density at radius 3 is 2.96 bits per heavy atom. The Morgan fingerprint density at radius 2 is 2.12 bits per heavy atom. The third kappa shape index (κ3) is 2.64. The topological polar surface area (TPSA) is 80.8 Å². The number of nitrogens with zero attached hydrogens (tertiary/aromatic N) is 2. The zero-order valence-corrected chi connectivity index (χ0v) is 12.8. The molecule has 122 valence electrons. The molecule has 1 saturated heterocycles. The highest BCUT2D eigenvalue weighted by Gasteiger charge is 2.35. The average molecular weight is 325 g/mol. The first-order valence-corrected chi connectivity index (χ1v) is 7.61. The van der Waals surface area contributed by atoms with Crippen LogP contribution in [0.25, 0.3) is 0 Å². The first kappa shape index (κ1) is 14.5. The van der Waals surface area contributed by atoms with Crippen molar-refractivity contribution in [3.63, 3.8) is 0 Å². The molecule has 1 fully saturated rings. The van der Waals surface area contributed by atoms with E-state index in [1.165, 1.54) is 0 Å². The van der Waals surface area contributed by atoms with Crippen molar-refractivity contribution >= 4 is 23.2 Å². The summed E-state index contributed by atoms with van der Waals surface area (Å²) in [6.45, 7) is 0.533. The molecule has 24 heavy (non-hydrogen) atoms. The highest BCUT2D eigenvalue weighted by molar-refractivity contribution is 6.03. The van der Waals surface area contributed by atoms with Gasteiger partial charge >= 0.3 is 0 Å². The second kappa shape index (κ2) is 5.84. The van der Waals surface area contributed by atoms with Crippen molar-refractivity contribution in [3.8, 4) is 11.5 Å². The molecule has 7 nitrogen and oxygen atoms in total. The molecule has 1 N–H and O–H groups in total. The summed E-state index contributed by atoms with van der Waals surface area (Å²) in [7, 11) is 0. The summed E-state index contributed by atoms with van der Waals surface area (Å²) in [6.07, 6.45) is 3.45. The number of nitrogens with one attached hydrogen (secondary N) is 1. The summed E-state index contributed by atoms with van der Waals surface area (Å²) >= 11 is 0. The number of benzene rings is 1. The van der Waals surface area contributed by atoms with Gasteiger partial charge in [0, 0.05) is 30.9 Å². The Morgan fingerprint density at radius 1 is 1.25 bits per heavy atom. The van der Waals surface area contributed by atoms with Crippen LogP contribution >= 0.6 is 0 Å². The largest absolute Gasteiger partial charge is 0.454 e. The Labute approximate surface area is 138 Å². The average Bonchev–Trinajstić information content (AvgIpc) is 3.21. The van der Waals surface area contributed by atoms with Crippen LogP contribution in [0.4, 0.5) is 11.4 Å². The molecule has 1 aromatic carbocycles. The predicted octanol–water partition coefficient (Wildman–Crippen LogP) is 1.80. The molecule has 0 radical (unpaired) electrons. The van der Waals surface area contributed by atoms with Gasteiger partial charge in [0.2, 0.25) is 18.6 Å². The van der Waals surface area contributed by atoms with Crippen molar-refractivity contribution in [3.05, 3.63) is 42.7 Å². The maximum absolute atomic E-state index is 12.5. The second-order valence-electron chi connectivity index (χ2n) is 5.67. The smallest absolute Gasteiger partial charge is 0.231 e. The number of hydrogen-bond donors (Lipinski definition) is 1. The van der Waals surface area contributed by atoms with Crippen LogP contribution in [0.5, 0.6) is 11.5 Å². The third-order valence-electron chi connectivity index (χ3n) is 4.09. The highest BCUT2D eigenvalue weighted by atomic mass is 16.7. The first-order chi connectivity index (χ1) is 11.7. The molecular weight excluding hydrogens is 310 g/mol. The minimum Gasteiger partial charge on any atom is -0.454 e. The molecule has 1 unspecified atom stereocenters. The fourth-order valence-corrected chi connectivity index (χ4v) is 2.86. The number of fused-ring (bicyclic) bond motifs is 1. The fraction of sp³-hybridized carbons (Fsp3) is 0.235. The SMILES string of the molecule is O=C(Nc1ccc2c(c1)OCO2)C1CC(=O)N(c2cccnc2)C1. The number of carbonyl (C=O) groups is 2. The van der Waals surface area contributed by atoms with Crippen LogP contribution in [0, 0.1) is 5.92 Å². The molecule has 1 aromatic heterocycles. The molecule has 3 heterocycles. The quantitative estimate of drug-likeness (QED) is 0.931. The van der Waals surface area contributed by atoms with Crippen LogP contribution in [0.1, 0.15) is 6.42 Å². The maximum atomic E-state index is 12.5. The van der Waals surface area contributed by atoms with E-state index in [1.54, 1.807) is 41.6 Å². The molecule has 4 rings (SSSR count). The van der Waals surface area contributed by atoms with Crippen molar-refractivity contribution in [1.82, 2.24) is 4.98 Å². The van der Waals surface area contributed by atoms with Gasteiger partial charge in [-0.15, -0.1) is 0 Å². The molecule has 2 amide bonds. The lowest BCUT2D eigenvalue weighted by molar-refractivity contribution is -0.122. The van der Waals surface area contributed by atoms with Gasteiger partial charge in [0.25, 0.3) is 0 Å². The van der Waals surface area contributed by atoms with Gasteiger partial charge in [-0.2, -0.15) is 0 Å². The van der Waals surface area contributed by atoms with E-state index < -0.39 is 5.92 Å². The van der Waals surface area contributed by atoms with E-state index in [9.17, 15) is 9.59 Å². The number of anilines is 2. The number of amides is 2. The summed E-state index contributed by atoms with van der Waals surface area (Å²) < 4.78 is 10.5. The van der Waals surface area contributed by atoms with Crippen molar-refractivity contribution in [1.29, 1.82) is 0 Å². The van der Waals surface area contributed by atoms with Gasteiger partial charge in [-0.3, -0.25) is 14.6 Å². The molecular formula is C17H15N3O4. The van der Waals surface area contributed by atoms with Gasteiger partial charge in [-0.1, -0.05) is 0 Å². The summed E-state index contributed by atoms with van der Waals surface area (Å²) in [5.74, 6) is 0.602. The van der Waals surface area contributed by atoms with E-state index in [2.05, 4.69) is 10.3 Å². The number of aromatic nitrogens is 1. The van der Waals surface area contributed by atoms with E-state index >= 15 is 0 Å². The molecule has 2 aliphatic rings. The molecule has 2 aromatic rings. The summed E-state index contributed by atoms with van der Waals surface area (Å²) in [4.78, 5) is 30.2. The molecule has 0 spiro atoms. The Balaban J connectivity index is 1.45. The molecule has 7 heteroatoms. The molecule has 0 aliphatic carbocycles. The van der Waals surface area contributed by atoms with Crippen LogP contribution < -0.4 is 19.7 Å². The summed E-state index contributed by atoms with van der Waals surface area (Å²) in [5, 5.41) is 2.84. The van der Waals surface area contributed by atoms with Crippen LogP contribution in [-0.4, -0.2) is 30.1 Å². The standard InChI is InChI=1S/C17H15N3O4/c21-16-6-11(9-20(16)13-2-1-5-18-8-13)17(22)19-12-3-4-14-15(7-12)24-10-23-14/h1-5,7-8,11H,6,9-10H2,(H,19,22). The summed E-state index contributed by atoms with van der Waals surface area (Å²) in [6, 6.07) is 8.79. The lowest BCUT2D eigenvalue weighted by Crippen LogP contribution is -2.28. The summed E-state index contributed by atoms with van der Waals surface area (Å²) in [5.41, 5.74) is 1.33. The van der Waals surface area contributed by atoms with Crippen molar-refractivity contribution in [2.24, 2.45) is 5.92 Å². The Kier molecular flexibility index (Phi) is 3.53. The van der Waals surface area contributed by atoms with E-state index in [1.807, 2.05) is 6.07 Å². The number of pyridine rings is 1. The van der Waals surface area contributed by atoms with E-state index in [-0.39, 0.29) is 25.0 Å². The van der Waals surface area contributed by atoms with Crippen molar-refractivity contribution in [2.45, 2.75) is 6.42 Å². The lowest BCUT2D eigenvalue weighted by atomic mass is 10.1. The number of rotatable bonds is 3. The minimum absolute atomic E-state index is 0.0752. The predicted molar refractivity (Wildman–Crippen MR) is 85.9 cm³/mol. The zero-order valence-electron chi connectivity index (χ0n) is 12.8. The van der Waals surface area contributed by atoms with Gasteiger partial charge in [0.1, 0.15) is 0 Å². The number of ether oxygens (including phenoxy) is 2. The Hall–Kier alpha value is -3.09. The number of carbonyl (C=O) groups excluding carboxylic acids is 2. The lowest BCUT2D eigenvalue weighted by Gasteiger charge is -2.16. The van der Waals surface area contributed by atoms with Gasteiger partial charge in [-0.05, 0) is 24.3 Å². The zero-order chi connectivity index (χ0) is 16.5. The Bertz CT molecular complexity index is 794. The molecule has 0 saturated carbocycles. The van der Waals surface area contributed by atoms with Crippen LogP contribution in [0.15, 0.2) is 42.7 Å². The van der Waals surface area contributed by atoms with Gasteiger partial charge in [-0.25, -0.2) is 0 Å². The van der Waals surface area contributed by atoms with Gasteiger partial charge < -0.3 is 19.7 Å². The highest BCUT2D eigenvalue weighted by Crippen LogP contribution is 2.34. The van der Waals surface area contributed by atoms with Crippen molar-refractivity contribution in [2.75, 3.05) is 23.6 Å². The molecule has 2 aliphatic heterocycles. The minimum atomic E-state index is -0.400. The van der Waals surface area contributed by atoms with Crippen molar-refractivity contribution < 1.29 is 19.1 Å². The second-order valence-corrected chi connectivity index (χ2v) is 5.67. The van der Waals surface area contributed by atoms with Gasteiger partial charge in [0.05, 0.1) is 17.8 Å².